The van der Waals surface area contributed by atoms with Crippen LogP contribution >= 0.6 is 0 Å². The molecule has 72 valence electrons. The van der Waals surface area contributed by atoms with Gasteiger partial charge in [0, 0.05) is 0 Å². The summed E-state index contributed by atoms with van der Waals surface area (Å²) >= 11 is 0. The number of aldehydes is 1. The highest BCUT2D eigenvalue weighted by atomic mass is 16.4. The van der Waals surface area contributed by atoms with Crippen LogP contribution in [0.5, 0.6) is 0 Å². The number of aliphatic hydroxyl groups is 5. The van der Waals surface area contributed by atoms with Gasteiger partial charge in [-0.1, -0.05) is 0 Å². The van der Waals surface area contributed by atoms with Gasteiger partial charge in [-0.05, 0) is 0 Å². The molecule has 0 fully saturated rings. The molecule has 0 aromatic carbocycles. The molecule has 0 amide bonds. The lowest BCUT2D eigenvalue weighted by Gasteiger charge is -2.22. The average molecular weight is 186 g/mol. The Labute approximate surface area is 77.1 Å². The van der Waals surface area contributed by atoms with Gasteiger partial charge in [0.15, 0.2) is 6.26 Å². The molecule has 0 bridgehead atoms. The third-order valence-corrected chi connectivity index (χ3v) is 0.972. The number of aliphatic hydroxyl groups excluding tert-OH is 1. The number of hydrogen-bond donors (Lipinski definition) is 5. The molecule has 0 radical (unpaired) electrons. The van der Waals surface area contributed by atoms with Crippen molar-refractivity contribution >= 4 is 6.26 Å². The van der Waals surface area contributed by atoms with Crippen LogP contribution in [0.3, 0.4) is 0 Å². The highest BCUT2D eigenvalue weighted by Gasteiger charge is 2.29. The largest absolute Gasteiger partial charge is 0.394 e. The third kappa shape index (κ3) is 2.84. The standard InChI is InChI=1S/C6H12O6/c7-1-3(9)5(11)6(12)4(10)2-8/h1,3-6,8-12H,2H2/i1D,2D2,3D,4D,5D. The summed E-state index contributed by atoms with van der Waals surface area (Å²) in [5, 5.41) is 45.4. The van der Waals surface area contributed by atoms with Gasteiger partial charge in [-0.25, -0.2) is 0 Å². The SMILES string of the molecule is [2H]C(=O)C([2H])(O)C([2H])(O)C(O)C([2H])(O)C([2H])([2H])O. The van der Waals surface area contributed by atoms with Crippen LogP contribution in [0.25, 0.3) is 0 Å². The van der Waals surface area contributed by atoms with E-state index in [1.54, 1.807) is 0 Å². The van der Waals surface area contributed by atoms with Crippen LogP contribution in [0, 0.1) is 0 Å². The fourth-order valence-corrected chi connectivity index (χ4v) is 0.372. The summed E-state index contributed by atoms with van der Waals surface area (Å²) in [5.74, 6) is 0. The van der Waals surface area contributed by atoms with E-state index in [1.165, 1.54) is 0 Å². The lowest BCUT2D eigenvalue weighted by molar-refractivity contribution is -0.136. The minimum absolute atomic E-state index is 2.24. The monoisotopic (exact) mass is 186 g/mol. The topological polar surface area (TPSA) is 118 Å². The summed E-state index contributed by atoms with van der Waals surface area (Å²) in [6.07, 6.45) is -17.5. The highest BCUT2D eigenvalue weighted by molar-refractivity contribution is 5.56. The van der Waals surface area contributed by atoms with Crippen molar-refractivity contribution < 1.29 is 38.6 Å². The summed E-state index contributed by atoms with van der Waals surface area (Å²) in [7, 11) is 0. The van der Waals surface area contributed by atoms with Crippen molar-refractivity contribution in [3.8, 4) is 0 Å². The Morgan fingerprint density at radius 2 is 2.00 bits per heavy atom. The van der Waals surface area contributed by atoms with Crippen LogP contribution in [0.1, 0.15) is 8.22 Å². The number of rotatable bonds is 5. The summed E-state index contributed by atoms with van der Waals surface area (Å²) in [6, 6.07) is 0. The first-order chi connectivity index (χ1) is 7.60. The number of carbonyl (C=O) groups is 1. The summed E-state index contributed by atoms with van der Waals surface area (Å²) in [4.78, 5) is 10.5. The molecule has 0 aliphatic heterocycles. The van der Waals surface area contributed by atoms with Crippen LogP contribution in [0.2, 0.25) is 0 Å². The van der Waals surface area contributed by atoms with Crippen LogP contribution in [-0.4, -0.2) is 62.7 Å². The van der Waals surface area contributed by atoms with E-state index in [2.05, 4.69) is 0 Å². The van der Waals surface area contributed by atoms with Crippen LogP contribution in [0.15, 0.2) is 0 Å². The van der Waals surface area contributed by atoms with Gasteiger partial charge in [0.25, 0.3) is 0 Å². The van der Waals surface area contributed by atoms with E-state index < -0.39 is 37.2 Å². The molecule has 6 heteroatoms. The van der Waals surface area contributed by atoms with Gasteiger partial charge in [0.05, 0.1) is 13.4 Å². The molecule has 0 heterocycles. The van der Waals surface area contributed by atoms with E-state index in [4.69, 9.17) is 23.5 Å². The average Bonchev–Trinajstić information content (AvgIpc) is 2.13. The molecule has 4 unspecified atom stereocenters. The van der Waals surface area contributed by atoms with Gasteiger partial charge in [-0.3, -0.25) is 0 Å². The number of carbonyl (C=O) groups excluding carboxylic acids is 1. The van der Waals surface area contributed by atoms with E-state index in [-0.39, 0.29) is 0 Å². The molecule has 0 aliphatic carbocycles. The molecule has 0 saturated carbocycles. The van der Waals surface area contributed by atoms with Crippen molar-refractivity contribution in [3.05, 3.63) is 0 Å². The molecule has 0 aromatic heterocycles. The lowest BCUT2D eigenvalue weighted by atomic mass is 10.0. The maximum Gasteiger partial charge on any atom is 0.151 e. The van der Waals surface area contributed by atoms with Gasteiger partial charge in [-0.2, -0.15) is 0 Å². The second-order valence-electron chi connectivity index (χ2n) is 1.74. The van der Waals surface area contributed by atoms with Gasteiger partial charge in [0.2, 0.25) is 0 Å². The van der Waals surface area contributed by atoms with E-state index in [0.717, 1.165) is 0 Å². The normalized spacial score (nSPS) is 37.4. The Morgan fingerprint density at radius 3 is 2.33 bits per heavy atom. The predicted octanol–water partition coefficient (Wildman–Crippen LogP) is -3.38. The molecule has 4 atom stereocenters. The molecule has 0 saturated heterocycles. The zero-order valence-electron chi connectivity index (χ0n) is 11.7. The van der Waals surface area contributed by atoms with Gasteiger partial charge < -0.3 is 30.3 Å². The molecule has 6 nitrogen and oxygen atoms in total. The number of hydrogen-bond acceptors (Lipinski definition) is 6. The first kappa shape index (κ1) is 4.64. The Hall–Kier alpha value is -0.530. The smallest absolute Gasteiger partial charge is 0.151 e. The van der Waals surface area contributed by atoms with Crippen LogP contribution in [0.4, 0.5) is 0 Å². The molecule has 12 heavy (non-hydrogen) atoms. The quantitative estimate of drug-likeness (QED) is 0.286. The summed E-state index contributed by atoms with van der Waals surface area (Å²) < 4.78 is 40.3. The predicted molar refractivity (Wildman–Crippen MR) is 37.2 cm³/mol. The van der Waals surface area contributed by atoms with Gasteiger partial charge >= 0.3 is 0 Å². The molecular formula is C6H12O6. The maximum atomic E-state index is 10.5. The minimum atomic E-state index is -4.03. The molecule has 0 aromatic rings. The van der Waals surface area contributed by atoms with Crippen LogP contribution in [-0.2, 0) is 4.79 Å². The van der Waals surface area contributed by atoms with Crippen molar-refractivity contribution in [1.29, 1.82) is 0 Å². The Bertz CT molecular complexity index is 336. The van der Waals surface area contributed by atoms with E-state index in [9.17, 15) is 15.0 Å². The fourth-order valence-electron chi connectivity index (χ4n) is 0.372. The van der Waals surface area contributed by atoms with Crippen molar-refractivity contribution in [3.63, 3.8) is 0 Å². The molecule has 0 spiro atoms. The molecular weight excluding hydrogens is 168 g/mol. The Balaban J connectivity index is 5.59. The third-order valence-electron chi connectivity index (χ3n) is 0.972. The first-order valence-corrected chi connectivity index (χ1v) is 2.68. The van der Waals surface area contributed by atoms with E-state index in [0.29, 0.717) is 0 Å². The Kier molecular flexibility index (Phi) is 2.00. The van der Waals surface area contributed by atoms with Gasteiger partial charge in [0.1, 0.15) is 25.7 Å². The second-order valence-corrected chi connectivity index (χ2v) is 1.74. The molecule has 0 aliphatic rings. The Morgan fingerprint density at radius 1 is 1.50 bits per heavy atom. The zero-order valence-corrected chi connectivity index (χ0v) is 5.72. The zero-order chi connectivity index (χ0) is 15.2. The summed E-state index contributed by atoms with van der Waals surface area (Å²) in [5.41, 5.74) is 0. The lowest BCUT2D eigenvalue weighted by Crippen LogP contribution is -2.46. The van der Waals surface area contributed by atoms with Crippen molar-refractivity contribution in [2.45, 2.75) is 24.3 Å². The van der Waals surface area contributed by atoms with E-state index >= 15 is 0 Å². The first-order valence-electron chi connectivity index (χ1n) is 5.68. The highest BCUT2D eigenvalue weighted by Crippen LogP contribution is 2.02. The maximum absolute atomic E-state index is 10.5. The fraction of sp³-hybridized carbons (Fsp3) is 0.833. The molecule has 0 rings (SSSR count). The summed E-state index contributed by atoms with van der Waals surface area (Å²) in [6.45, 7) is -3.84. The van der Waals surface area contributed by atoms with Crippen molar-refractivity contribution in [1.82, 2.24) is 0 Å². The van der Waals surface area contributed by atoms with Gasteiger partial charge in [-0.15, -0.1) is 0 Å². The van der Waals surface area contributed by atoms with Crippen LogP contribution < -0.4 is 0 Å². The second kappa shape index (κ2) is 5.18. The van der Waals surface area contributed by atoms with Crippen molar-refractivity contribution in [2.24, 2.45) is 0 Å². The molecule has 5 N–H and O–H groups in total. The van der Waals surface area contributed by atoms with Crippen molar-refractivity contribution in [2.75, 3.05) is 6.56 Å². The minimum Gasteiger partial charge on any atom is -0.394 e. The van der Waals surface area contributed by atoms with E-state index in [1.807, 2.05) is 0 Å².